The molecule has 29 heavy (non-hydrogen) atoms. The summed E-state index contributed by atoms with van der Waals surface area (Å²) in [5.41, 5.74) is 2.21. The first-order valence-corrected chi connectivity index (χ1v) is 10.3. The van der Waals surface area contributed by atoms with Crippen LogP contribution in [-0.2, 0) is 4.74 Å². The number of aryl methyl sites for hydroxylation is 2. The van der Waals surface area contributed by atoms with Crippen LogP contribution in [0.15, 0.2) is 6.07 Å². The van der Waals surface area contributed by atoms with Crippen molar-refractivity contribution in [2.24, 2.45) is 0 Å². The van der Waals surface area contributed by atoms with Crippen LogP contribution in [0.2, 0.25) is 0 Å². The molecule has 156 valence electrons. The largest absolute Gasteiger partial charge is 0.444 e. The van der Waals surface area contributed by atoms with Gasteiger partial charge in [0, 0.05) is 18.8 Å². The zero-order chi connectivity index (χ0) is 20.9. The fourth-order valence-corrected chi connectivity index (χ4v) is 4.63. The van der Waals surface area contributed by atoms with Crippen molar-refractivity contribution in [1.29, 1.82) is 0 Å². The smallest absolute Gasteiger partial charge is 0.410 e. The van der Waals surface area contributed by atoms with Gasteiger partial charge in [-0.3, -0.25) is 0 Å². The lowest BCUT2D eigenvalue weighted by molar-refractivity contribution is 0.0214. The van der Waals surface area contributed by atoms with E-state index in [-0.39, 0.29) is 24.2 Å². The van der Waals surface area contributed by atoms with E-state index in [1.165, 1.54) is 0 Å². The summed E-state index contributed by atoms with van der Waals surface area (Å²) in [5, 5.41) is 7.58. The molecule has 2 bridgehead atoms. The normalized spacial score (nSPS) is 23.5. The van der Waals surface area contributed by atoms with Crippen LogP contribution in [0.25, 0.3) is 11.0 Å². The second-order valence-corrected chi connectivity index (χ2v) is 9.10. The van der Waals surface area contributed by atoms with Gasteiger partial charge in [0.2, 0.25) is 5.95 Å². The number of carbonyl (C=O) groups is 1. The standard InChI is InChI=1S/C21H30N6O2/c1-11-9-12(2)23-18-16(11)17(22-6)25-19(26-18)24-14-10-13-7-8-15(14)27(13)20(28)29-21(3,4)5/h9,13-15H,7-8,10H2,1-6H3,(H2,22,23,24,25,26). The van der Waals surface area contributed by atoms with Gasteiger partial charge in [-0.15, -0.1) is 0 Å². The zero-order valence-corrected chi connectivity index (χ0v) is 18.0. The highest BCUT2D eigenvalue weighted by molar-refractivity contribution is 5.90. The van der Waals surface area contributed by atoms with Gasteiger partial charge in [-0.05, 0) is 65.5 Å². The van der Waals surface area contributed by atoms with E-state index in [0.717, 1.165) is 41.7 Å². The summed E-state index contributed by atoms with van der Waals surface area (Å²) >= 11 is 0. The van der Waals surface area contributed by atoms with Gasteiger partial charge in [0.25, 0.3) is 0 Å². The molecule has 0 aliphatic carbocycles. The molecule has 0 radical (unpaired) electrons. The average Bonchev–Trinajstić information content (AvgIpc) is 3.16. The Morgan fingerprint density at radius 3 is 2.66 bits per heavy atom. The van der Waals surface area contributed by atoms with Crippen LogP contribution in [0, 0.1) is 13.8 Å². The summed E-state index contributed by atoms with van der Waals surface area (Å²) in [6.45, 7) is 9.71. The molecule has 8 heteroatoms. The van der Waals surface area contributed by atoms with Gasteiger partial charge in [-0.2, -0.15) is 9.97 Å². The lowest BCUT2D eigenvalue weighted by Crippen LogP contribution is -2.42. The van der Waals surface area contributed by atoms with Crippen LogP contribution in [0.4, 0.5) is 16.6 Å². The molecule has 4 heterocycles. The number of nitrogens with one attached hydrogen (secondary N) is 2. The Kier molecular flexibility index (Phi) is 4.75. The summed E-state index contributed by atoms with van der Waals surface area (Å²) in [4.78, 5) is 28.6. The Bertz CT molecular complexity index is 954. The van der Waals surface area contributed by atoms with Crippen LogP contribution in [0.1, 0.15) is 51.3 Å². The van der Waals surface area contributed by atoms with Gasteiger partial charge in [0.05, 0.1) is 17.5 Å². The molecular weight excluding hydrogens is 368 g/mol. The van der Waals surface area contributed by atoms with Crippen molar-refractivity contribution in [2.75, 3.05) is 17.7 Å². The number of hydrogen-bond acceptors (Lipinski definition) is 7. The predicted molar refractivity (Wildman–Crippen MR) is 113 cm³/mol. The molecule has 3 atom stereocenters. The molecule has 0 aromatic carbocycles. The molecule has 8 nitrogen and oxygen atoms in total. The quantitative estimate of drug-likeness (QED) is 0.815. The second kappa shape index (κ2) is 7.00. The third-order valence-electron chi connectivity index (χ3n) is 5.68. The summed E-state index contributed by atoms with van der Waals surface area (Å²) in [7, 11) is 1.85. The minimum Gasteiger partial charge on any atom is -0.444 e. The molecule has 0 spiro atoms. The number of hydrogen-bond donors (Lipinski definition) is 2. The fourth-order valence-electron chi connectivity index (χ4n) is 4.63. The first kappa shape index (κ1) is 19.7. The lowest BCUT2D eigenvalue weighted by Gasteiger charge is -2.28. The molecular formula is C21H30N6O2. The number of anilines is 2. The Balaban J connectivity index is 1.59. The fraction of sp³-hybridized carbons (Fsp3) is 0.619. The molecule has 3 unspecified atom stereocenters. The molecule has 2 fully saturated rings. The van der Waals surface area contributed by atoms with Crippen LogP contribution in [0.5, 0.6) is 0 Å². The third-order valence-corrected chi connectivity index (χ3v) is 5.68. The van der Waals surface area contributed by atoms with Crippen molar-refractivity contribution in [3.05, 3.63) is 17.3 Å². The summed E-state index contributed by atoms with van der Waals surface area (Å²) in [6.07, 6.45) is 2.63. The van der Waals surface area contributed by atoms with Crippen molar-refractivity contribution in [3.63, 3.8) is 0 Å². The van der Waals surface area contributed by atoms with Gasteiger partial charge in [-0.1, -0.05) is 0 Å². The maximum atomic E-state index is 12.7. The predicted octanol–water partition coefficient (Wildman–Crippen LogP) is 3.64. The van der Waals surface area contributed by atoms with E-state index in [1.807, 2.05) is 52.6 Å². The summed E-state index contributed by atoms with van der Waals surface area (Å²) in [5.74, 6) is 1.30. The number of aromatic nitrogens is 3. The number of nitrogens with zero attached hydrogens (tertiary/aromatic N) is 4. The lowest BCUT2D eigenvalue weighted by atomic mass is 9.96. The Morgan fingerprint density at radius 1 is 1.21 bits per heavy atom. The molecule has 1 amide bonds. The van der Waals surface area contributed by atoms with Crippen LogP contribution < -0.4 is 10.6 Å². The van der Waals surface area contributed by atoms with E-state index in [4.69, 9.17) is 4.74 Å². The van der Waals surface area contributed by atoms with Gasteiger partial charge in [0.1, 0.15) is 11.4 Å². The SMILES string of the molecule is CNc1nc(NC2CC3CCC2N3C(=O)OC(C)(C)C)nc2nc(C)cc(C)c12. The van der Waals surface area contributed by atoms with Gasteiger partial charge in [-0.25, -0.2) is 9.78 Å². The molecule has 2 aliphatic heterocycles. The first-order valence-electron chi connectivity index (χ1n) is 10.3. The van der Waals surface area contributed by atoms with Crippen LogP contribution >= 0.6 is 0 Å². The van der Waals surface area contributed by atoms with Gasteiger partial charge in [0.15, 0.2) is 5.65 Å². The number of fused-ring (bicyclic) bond motifs is 3. The zero-order valence-electron chi connectivity index (χ0n) is 18.0. The first-order chi connectivity index (χ1) is 13.7. The van der Waals surface area contributed by atoms with Crippen molar-refractivity contribution in [1.82, 2.24) is 19.9 Å². The Morgan fingerprint density at radius 2 is 1.97 bits per heavy atom. The minimum absolute atomic E-state index is 0.0967. The second-order valence-electron chi connectivity index (χ2n) is 9.10. The van der Waals surface area contributed by atoms with E-state index >= 15 is 0 Å². The highest BCUT2D eigenvalue weighted by Gasteiger charge is 2.50. The van der Waals surface area contributed by atoms with E-state index in [0.29, 0.717) is 11.6 Å². The minimum atomic E-state index is -0.493. The highest BCUT2D eigenvalue weighted by atomic mass is 16.6. The molecule has 2 aliphatic rings. The van der Waals surface area contributed by atoms with E-state index in [9.17, 15) is 4.79 Å². The molecule has 2 saturated heterocycles. The Hall–Kier alpha value is -2.64. The summed E-state index contributed by atoms with van der Waals surface area (Å²) in [6, 6.07) is 2.45. The van der Waals surface area contributed by atoms with E-state index < -0.39 is 5.60 Å². The number of ether oxygens (including phenoxy) is 1. The molecule has 2 aromatic heterocycles. The molecule has 0 saturated carbocycles. The average molecular weight is 399 g/mol. The molecule has 2 N–H and O–H groups in total. The molecule has 2 aromatic rings. The highest BCUT2D eigenvalue weighted by Crippen LogP contribution is 2.40. The molecule has 4 rings (SSSR count). The van der Waals surface area contributed by atoms with E-state index in [1.54, 1.807) is 0 Å². The van der Waals surface area contributed by atoms with Crippen molar-refractivity contribution < 1.29 is 9.53 Å². The van der Waals surface area contributed by atoms with Crippen molar-refractivity contribution >= 4 is 28.9 Å². The third kappa shape index (κ3) is 3.68. The number of carbonyl (C=O) groups excluding carboxylic acids is 1. The van der Waals surface area contributed by atoms with Crippen molar-refractivity contribution in [2.45, 2.75) is 77.6 Å². The summed E-state index contributed by atoms with van der Waals surface area (Å²) < 4.78 is 5.63. The maximum absolute atomic E-state index is 12.7. The van der Waals surface area contributed by atoms with Gasteiger partial charge < -0.3 is 20.3 Å². The van der Waals surface area contributed by atoms with Gasteiger partial charge >= 0.3 is 6.09 Å². The monoisotopic (exact) mass is 398 g/mol. The topological polar surface area (TPSA) is 92.3 Å². The van der Waals surface area contributed by atoms with E-state index in [2.05, 4.69) is 25.6 Å². The number of pyridine rings is 1. The van der Waals surface area contributed by atoms with Crippen LogP contribution in [-0.4, -0.2) is 56.7 Å². The van der Waals surface area contributed by atoms with Crippen molar-refractivity contribution in [3.8, 4) is 0 Å². The van der Waals surface area contributed by atoms with Crippen LogP contribution in [0.3, 0.4) is 0 Å². The number of rotatable bonds is 3. The number of amides is 1. The maximum Gasteiger partial charge on any atom is 0.410 e. The Labute approximate surface area is 171 Å².